The molecule has 0 unspecified atom stereocenters. The second-order valence-electron chi connectivity index (χ2n) is 3.15. The van der Waals surface area contributed by atoms with E-state index in [1.807, 2.05) is 18.2 Å². The molecule has 2 aromatic rings. The predicted molar refractivity (Wildman–Crippen MR) is 60.4 cm³/mol. The Morgan fingerprint density at radius 2 is 1.93 bits per heavy atom. The lowest BCUT2D eigenvalue weighted by molar-refractivity contribution is 1.07. The highest BCUT2D eigenvalue weighted by atomic mass is 35.5. The monoisotopic (exact) mass is 219 g/mol. The van der Waals surface area contributed by atoms with Crippen molar-refractivity contribution in [3.8, 4) is 11.1 Å². The van der Waals surface area contributed by atoms with Crippen LogP contribution in [0.1, 0.15) is 5.56 Å². The minimum absolute atomic E-state index is 0.491. The van der Waals surface area contributed by atoms with Gasteiger partial charge in [-0.3, -0.25) is 0 Å². The van der Waals surface area contributed by atoms with E-state index < -0.39 is 0 Å². The van der Waals surface area contributed by atoms with Crippen molar-refractivity contribution in [2.45, 2.75) is 6.54 Å². The highest BCUT2D eigenvalue weighted by Gasteiger charge is 2.04. The van der Waals surface area contributed by atoms with Gasteiger partial charge < -0.3 is 5.73 Å². The summed E-state index contributed by atoms with van der Waals surface area (Å²) >= 11 is 6.13. The van der Waals surface area contributed by atoms with E-state index in [1.54, 1.807) is 12.4 Å². The molecule has 15 heavy (non-hydrogen) atoms. The topological polar surface area (TPSA) is 51.8 Å². The smallest absolute Gasteiger partial charge is 0.115 e. The molecule has 0 bridgehead atoms. The highest BCUT2D eigenvalue weighted by molar-refractivity contribution is 6.33. The number of hydrogen-bond acceptors (Lipinski definition) is 3. The summed E-state index contributed by atoms with van der Waals surface area (Å²) in [5.41, 5.74) is 8.37. The first-order valence-corrected chi connectivity index (χ1v) is 4.93. The Hall–Kier alpha value is -1.45. The molecule has 0 radical (unpaired) electrons. The summed E-state index contributed by atoms with van der Waals surface area (Å²) in [6.07, 6.45) is 4.96. The molecule has 0 saturated heterocycles. The quantitative estimate of drug-likeness (QED) is 0.843. The van der Waals surface area contributed by atoms with Crippen LogP contribution < -0.4 is 5.73 Å². The Morgan fingerprint density at radius 1 is 1.20 bits per heavy atom. The molecular weight excluding hydrogens is 210 g/mol. The Kier molecular flexibility index (Phi) is 2.94. The van der Waals surface area contributed by atoms with Gasteiger partial charge in [0.2, 0.25) is 0 Å². The summed E-state index contributed by atoms with van der Waals surface area (Å²) in [5, 5.41) is 0.674. The minimum atomic E-state index is 0.491. The van der Waals surface area contributed by atoms with Crippen molar-refractivity contribution < 1.29 is 0 Å². The van der Waals surface area contributed by atoms with Crippen LogP contribution >= 0.6 is 11.6 Å². The SMILES string of the molecule is NCc1ccc(-c2cncnc2)c(Cl)c1. The molecule has 1 aromatic carbocycles. The van der Waals surface area contributed by atoms with Gasteiger partial charge in [-0.25, -0.2) is 9.97 Å². The molecule has 0 aliphatic carbocycles. The molecule has 4 heteroatoms. The molecule has 76 valence electrons. The number of aromatic nitrogens is 2. The van der Waals surface area contributed by atoms with Crippen molar-refractivity contribution in [1.82, 2.24) is 9.97 Å². The van der Waals surface area contributed by atoms with Crippen LogP contribution in [-0.2, 0) is 6.54 Å². The molecule has 2 N–H and O–H groups in total. The van der Waals surface area contributed by atoms with Gasteiger partial charge in [-0.2, -0.15) is 0 Å². The standard InChI is InChI=1S/C11H10ClN3/c12-11-3-8(4-13)1-2-10(11)9-5-14-7-15-6-9/h1-3,5-7H,4,13H2. The van der Waals surface area contributed by atoms with Gasteiger partial charge in [0, 0.05) is 35.1 Å². The number of benzene rings is 1. The number of nitrogens with zero attached hydrogens (tertiary/aromatic N) is 2. The maximum atomic E-state index is 6.13. The third-order valence-electron chi connectivity index (χ3n) is 2.14. The molecule has 1 heterocycles. The van der Waals surface area contributed by atoms with Gasteiger partial charge in [-0.05, 0) is 11.6 Å². The van der Waals surface area contributed by atoms with Crippen molar-refractivity contribution in [2.75, 3.05) is 0 Å². The maximum absolute atomic E-state index is 6.13. The lowest BCUT2D eigenvalue weighted by atomic mass is 10.1. The van der Waals surface area contributed by atoms with Crippen LogP contribution in [0.5, 0.6) is 0 Å². The van der Waals surface area contributed by atoms with E-state index in [1.165, 1.54) is 6.33 Å². The predicted octanol–water partition coefficient (Wildman–Crippen LogP) is 2.26. The summed E-state index contributed by atoms with van der Waals surface area (Å²) in [7, 11) is 0. The average molecular weight is 220 g/mol. The fourth-order valence-electron chi connectivity index (χ4n) is 1.36. The Morgan fingerprint density at radius 3 is 2.53 bits per heavy atom. The first kappa shape index (κ1) is 10.1. The molecule has 0 atom stereocenters. The molecule has 0 fully saturated rings. The van der Waals surface area contributed by atoms with Crippen LogP contribution in [0.3, 0.4) is 0 Å². The zero-order valence-corrected chi connectivity index (χ0v) is 8.78. The number of nitrogens with two attached hydrogens (primary N) is 1. The lowest BCUT2D eigenvalue weighted by Crippen LogP contribution is -1.96. The highest BCUT2D eigenvalue weighted by Crippen LogP contribution is 2.27. The van der Waals surface area contributed by atoms with E-state index in [0.717, 1.165) is 16.7 Å². The Balaban J connectivity index is 2.46. The summed E-state index contributed by atoms with van der Waals surface area (Å²) in [6.45, 7) is 0.491. The number of rotatable bonds is 2. The van der Waals surface area contributed by atoms with Crippen LogP contribution in [0.2, 0.25) is 5.02 Å². The molecule has 0 saturated carbocycles. The fraction of sp³-hybridized carbons (Fsp3) is 0.0909. The van der Waals surface area contributed by atoms with Crippen LogP contribution in [0, 0.1) is 0 Å². The van der Waals surface area contributed by atoms with E-state index in [-0.39, 0.29) is 0 Å². The van der Waals surface area contributed by atoms with E-state index >= 15 is 0 Å². The van der Waals surface area contributed by atoms with Crippen molar-refractivity contribution in [3.05, 3.63) is 47.5 Å². The third kappa shape index (κ3) is 2.14. The molecular formula is C11H10ClN3. The largest absolute Gasteiger partial charge is 0.326 e. The van der Waals surface area contributed by atoms with Crippen LogP contribution in [0.15, 0.2) is 36.9 Å². The van der Waals surface area contributed by atoms with E-state index in [2.05, 4.69) is 9.97 Å². The van der Waals surface area contributed by atoms with Crippen molar-refractivity contribution in [1.29, 1.82) is 0 Å². The van der Waals surface area contributed by atoms with Gasteiger partial charge in [0.1, 0.15) is 6.33 Å². The van der Waals surface area contributed by atoms with Gasteiger partial charge in [0.15, 0.2) is 0 Å². The minimum Gasteiger partial charge on any atom is -0.326 e. The molecule has 2 rings (SSSR count). The second-order valence-corrected chi connectivity index (χ2v) is 3.55. The van der Waals surface area contributed by atoms with Gasteiger partial charge >= 0.3 is 0 Å². The first-order chi connectivity index (χ1) is 7.31. The van der Waals surface area contributed by atoms with E-state index in [4.69, 9.17) is 17.3 Å². The molecule has 0 amide bonds. The van der Waals surface area contributed by atoms with Gasteiger partial charge in [-0.1, -0.05) is 23.7 Å². The van der Waals surface area contributed by atoms with Gasteiger partial charge in [-0.15, -0.1) is 0 Å². The van der Waals surface area contributed by atoms with Gasteiger partial charge in [0.05, 0.1) is 0 Å². The van der Waals surface area contributed by atoms with E-state index in [0.29, 0.717) is 11.6 Å². The van der Waals surface area contributed by atoms with Crippen molar-refractivity contribution in [3.63, 3.8) is 0 Å². The molecule has 0 spiro atoms. The summed E-state index contributed by atoms with van der Waals surface area (Å²) < 4.78 is 0. The zero-order valence-electron chi connectivity index (χ0n) is 8.02. The Labute approximate surface area is 92.9 Å². The summed E-state index contributed by atoms with van der Waals surface area (Å²) in [6, 6.07) is 5.75. The average Bonchev–Trinajstić information content (AvgIpc) is 2.30. The van der Waals surface area contributed by atoms with Crippen molar-refractivity contribution in [2.24, 2.45) is 5.73 Å². The van der Waals surface area contributed by atoms with Crippen LogP contribution in [-0.4, -0.2) is 9.97 Å². The van der Waals surface area contributed by atoms with Gasteiger partial charge in [0.25, 0.3) is 0 Å². The molecule has 0 aliphatic rings. The van der Waals surface area contributed by atoms with E-state index in [9.17, 15) is 0 Å². The number of halogens is 1. The third-order valence-corrected chi connectivity index (χ3v) is 2.45. The Bertz CT molecular complexity index is 457. The van der Waals surface area contributed by atoms with Crippen molar-refractivity contribution >= 4 is 11.6 Å². The lowest BCUT2D eigenvalue weighted by Gasteiger charge is -2.05. The second kappa shape index (κ2) is 4.38. The van der Waals surface area contributed by atoms with Crippen LogP contribution in [0.25, 0.3) is 11.1 Å². The fourth-order valence-corrected chi connectivity index (χ4v) is 1.67. The number of hydrogen-bond donors (Lipinski definition) is 1. The maximum Gasteiger partial charge on any atom is 0.115 e. The first-order valence-electron chi connectivity index (χ1n) is 4.55. The molecule has 1 aromatic heterocycles. The molecule has 0 aliphatic heterocycles. The molecule has 3 nitrogen and oxygen atoms in total. The summed E-state index contributed by atoms with van der Waals surface area (Å²) in [5.74, 6) is 0. The normalized spacial score (nSPS) is 10.3. The summed E-state index contributed by atoms with van der Waals surface area (Å²) in [4.78, 5) is 7.90. The van der Waals surface area contributed by atoms with Crippen LogP contribution in [0.4, 0.5) is 0 Å². The zero-order chi connectivity index (χ0) is 10.7.